The molecule has 10 heterocycles. The summed E-state index contributed by atoms with van der Waals surface area (Å²) in [5.41, 5.74) is 29.1. The first kappa shape index (κ1) is 60.2. The minimum absolute atomic E-state index is 0.0390. The predicted molar refractivity (Wildman–Crippen MR) is 366 cm³/mol. The van der Waals surface area contributed by atoms with Crippen molar-refractivity contribution in [1.82, 2.24) is 24.9 Å². The number of benzene rings is 5. The van der Waals surface area contributed by atoms with Crippen LogP contribution in [0.3, 0.4) is 0 Å². The van der Waals surface area contributed by atoms with E-state index < -0.39 is 0 Å². The molecule has 5 aliphatic rings. The Bertz CT molecular complexity index is 4010. The number of carbonyl (C=O) groups is 5. The Labute approximate surface area is 522 Å². The van der Waals surface area contributed by atoms with Crippen LogP contribution in [0.2, 0.25) is 0 Å². The van der Waals surface area contributed by atoms with Crippen LogP contribution >= 0.6 is 0 Å². The molecule has 15 heteroatoms. The number of carbonyl (C=O) groups excluding carboxylic acids is 5. The van der Waals surface area contributed by atoms with E-state index in [1.54, 1.807) is 0 Å². The van der Waals surface area contributed by atoms with E-state index in [1.165, 1.54) is 0 Å². The first-order valence-electron chi connectivity index (χ1n) is 29.7. The molecule has 15 nitrogen and oxygen atoms in total. The average molecular weight is 1190 g/mol. The van der Waals surface area contributed by atoms with Gasteiger partial charge in [-0.3, -0.25) is 24.0 Å². The fourth-order valence-electron chi connectivity index (χ4n) is 11.6. The average Bonchev–Trinajstić information content (AvgIpc) is 2.08. The van der Waals surface area contributed by atoms with E-state index in [1.807, 2.05) is 221 Å². The number of rotatable bonds is 5. The topological polar surface area (TPSA) is 224 Å². The summed E-state index contributed by atoms with van der Waals surface area (Å²) >= 11 is 0. The van der Waals surface area contributed by atoms with Gasteiger partial charge in [-0.2, -0.15) is 0 Å². The summed E-state index contributed by atoms with van der Waals surface area (Å²) in [7, 11) is 0. The third-order valence-electron chi connectivity index (χ3n) is 15.9. The monoisotopic (exact) mass is 1190 g/mol. The third kappa shape index (κ3) is 13.0. The van der Waals surface area contributed by atoms with Crippen LogP contribution in [0.15, 0.2) is 152 Å². The first-order chi connectivity index (χ1) is 43.2. The highest BCUT2D eigenvalue weighted by molar-refractivity contribution is 6.37. The normalized spacial score (nSPS) is 15.9. The minimum atomic E-state index is -0.0390. The fraction of sp³-hybridized carbons (Fsp3) is 0.133. The van der Waals surface area contributed by atoms with Crippen LogP contribution in [0.1, 0.15) is 113 Å². The van der Waals surface area contributed by atoms with Crippen molar-refractivity contribution in [1.29, 1.82) is 0 Å². The second-order valence-corrected chi connectivity index (χ2v) is 23.0. The van der Waals surface area contributed by atoms with E-state index in [2.05, 4.69) is 81.8 Å². The van der Waals surface area contributed by atoms with Gasteiger partial charge in [-0.25, -0.2) is 0 Å². The van der Waals surface area contributed by atoms with Crippen molar-refractivity contribution >= 4 is 116 Å². The number of amides is 5. The highest BCUT2D eigenvalue weighted by atomic mass is 16.2. The number of nitrogens with one attached hydrogen (secondary N) is 10. The molecule has 0 atom stereocenters. The molecule has 5 aliphatic heterocycles. The van der Waals surface area contributed by atoms with E-state index in [9.17, 15) is 24.0 Å². The molecule has 10 N–H and O–H groups in total. The van der Waals surface area contributed by atoms with Crippen LogP contribution in [0.4, 0.5) is 28.4 Å². The third-order valence-corrected chi connectivity index (χ3v) is 15.9. The number of para-hydroxylation sites is 5. The molecular formula is C75H70N10O5. The van der Waals surface area contributed by atoms with Gasteiger partial charge in [0, 0.05) is 113 Å². The molecule has 15 rings (SSSR count). The van der Waals surface area contributed by atoms with Crippen molar-refractivity contribution in [2.45, 2.75) is 69.2 Å². The maximum Gasteiger partial charge on any atom is 0.256 e. The molecule has 10 aromatic rings. The van der Waals surface area contributed by atoms with Gasteiger partial charge >= 0.3 is 0 Å². The van der Waals surface area contributed by atoms with E-state index in [0.29, 0.717) is 0 Å². The largest absolute Gasteiger partial charge is 0.359 e. The molecule has 0 radical (unpaired) electrons. The number of aryl methyl sites for hydroxylation is 10. The van der Waals surface area contributed by atoms with Gasteiger partial charge in [0.05, 0.1) is 27.9 Å². The van der Waals surface area contributed by atoms with Gasteiger partial charge in [-0.05, 0) is 188 Å². The Morgan fingerprint density at radius 2 is 0.389 bits per heavy atom. The van der Waals surface area contributed by atoms with Gasteiger partial charge in [0.1, 0.15) is 0 Å². The van der Waals surface area contributed by atoms with Gasteiger partial charge < -0.3 is 51.5 Å². The lowest BCUT2D eigenvalue weighted by atomic mass is 10.1. The lowest BCUT2D eigenvalue weighted by Crippen LogP contribution is -2.03. The molecule has 90 heavy (non-hydrogen) atoms. The number of aromatic nitrogens is 5. The van der Waals surface area contributed by atoms with Gasteiger partial charge in [0.15, 0.2) is 0 Å². The van der Waals surface area contributed by atoms with Gasteiger partial charge in [-0.1, -0.05) is 91.0 Å². The number of H-pyrrole nitrogens is 5. The van der Waals surface area contributed by atoms with Crippen LogP contribution in [0, 0.1) is 69.2 Å². The smallest absolute Gasteiger partial charge is 0.256 e. The van der Waals surface area contributed by atoms with Crippen LogP contribution in [0.5, 0.6) is 0 Å². The van der Waals surface area contributed by atoms with Crippen LogP contribution in [0.25, 0.3) is 58.2 Å². The maximum absolute atomic E-state index is 12.0. The van der Waals surface area contributed by atoms with E-state index in [-0.39, 0.29) is 29.5 Å². The number of hydrogen-bond acceptors (Lipinski definition) is 5. The van der Waals surface area contributed by atoms with E-state index >= 15 is 0 Å². The highest BCUT2D eigenvalue weighted by Crippen LogP contribution is 2.38. The Hall–Kier alpha value is -11.5. The number of fused-ring (bicyclic) bond motifs is 5. The highest BCUT2D eigenvalue weighted by Gasteiger charge is 2.28. The number of hydrogen-bond donors (Lipinski definition) is 10. The van der Waals surface area contributed by atoms with Crippen molar-refractivity contribution < 1.29 is 24.0 Å². The molecule has 0 fully saturated rings. The number of aromatic amines is 5. The van der Waals surface area contributed by atoms with Crippen molar-refractivity contribution in [3.05, 3.63) is 264 Å². The molecule has 0 spiro atoms. The maximum atomic E-state index is 12.0. The van der Waals surface area contributed by atoms with E-state index in [4.69, 9.17) is 0 Å². The SMILES string of the molecule is Cc1cc(C)c(/C=C2\C(=O)Nc3ccccc32)[nH]1.Cc1cc(C)c(/C=C2\C(=O)Nc3ccccc32)[nH]1.Cc1cc(C)c(/C=C2\C(=O)Nc3ccccc32)[nH]1.Cc1cc(C)c(/C=C2\C(=O)Nc3ccccc32)[nH]1.Cc1cc(C)c(/C=C2\C(=O)Nc3ccccc32)[nH]1. The molecule has 5 aromatic carbocycles. The van der Waals surface area contributed by atoms with Crippen molar-refractivity contribution in [3.63, 3.8) is 0 Å². The van der Waals surface area contributed by atoms with E-state index in [0.717, 1.165) is 169 Å². The Morgan fingerprint density at radius 3 is 0.533 bits per heavy atom. The summed E-state index contributed by atoms with van der Waals surface area (Å²) in [5.74, 6) is -0.195. The van der Waals surface area contributed by atoms with Gasteiger partial charge in [0.2, 0.25) is 0 Å². The molecule has 0 bridgehead atoms. The van der Waals surface area contributed by atoms with Crippen molar-refractivity contribution in [2.75, 3.05) is 26.6 Å². The molecule has 0 saturated carbocycles. The Kier molecular flexibility index (Phi) is 17.1. The second-order valence-electron chi connectivity index (χ2n) is 23.0. The van der Waals surface area contributed by atoms with Crippen molar-refractivity contribution in [2.24, 2.45) is 0 Å². The fourth-order valence-corrected chi connectivity index (χ4v) is 11.6. The molecule has 450 valence electrons. The molecule has 0 saturated heterocycles. The Morgan fingerprint density at radius 1 is 0.233 bits per heavy atom. The Balaban J connectivity index is 0.000000116. The number of anilines is 5. The summed E-state index contributed by atoms with van der Waals surface area (Å²) in [4.78, 5) is 76.1. The molecule has 5 amide bonds. The lowest BCUT2D eigenvalue weighted by Gasteiger charge is -1.97. The summed E-state index contributed by atoms with van der Waals surface area (Å²) in [6, 6.07) is 49.1. The van der Waals surface area contributed by atoms with Crippen LogP contribution < -0.4 is 26.6 Å². The molecular weight excluding hydrogens is 1120 g/mol. The van der Waals surface area contributed by atoms with Gasteiger partial charge in [-0.15, -0.1) is 0 Å². The predicted octanol–water partition coefficient (Wildman–Crippen LogP) is 15.6. The zero-order valence-electron chi connectivity index (χ0n) is 51.9. The van der Waals surface area contributed by atoms with Crippen LogP contribution in [-0.2, 0) is 24.0 Å². The molecule has 5 aromatic heterocycles. The van der Waals surface area contributed by atoms with Gasteiger partial charge in [0.25, 0.3) is 29.5 Å². The van der Waals surface area contributed by atoms with Crippen LogP contribution in [-0.4, -0.2) is 54.5 Å². The zero-order chi connectivity index (χ0) is 63.5. The molecule has 0 unspecified atom stereocenters. The van der Waals surface area contributed by atoms with Crippen molar-refractivity contribution in [3.8, 4) is 0 Å². The summed E-state index contributed by atoms with van der Waals surface area (Å²) in [5, 5.41) is 14.4. The second kappa shape index (κ2) is 25.5. The quantitative estimate of drug-likeness (QED) is 0.0757. The summed E-state index contributed by atoms with van der Waals surface area (Å²) in [6.07, 6.45) is 9.60. The first-order valence-corrected chi connectivity index (χ1v) is 29.7. The molecule has 0 aliphatic carbocycles. The zero-order valence-corrected chi connectivity index (χ0v) is 51.9. The minimum Gasteiger partial charge on any atom is -0.359 e. The lowest BCUT2D eigenvalue weighted by molar-refractivity contribution is -0.111. The summed E-state index contributed by atoms with van der Waals surface area (Å²) < 4.78 is 0. The summed E-state index contributed by atoms with van der Waals surface area (Å²) in [6.45, 7) is 20.2. The standard InChI is InChI=1S/5C15H14N2O/c5*1-9-7-10(2)16-14(9)8-12-11-5-3-4-6-13(11)17-15(12)18/h5*3-8,16H,1-2H3,(H,17,18)/b5*12-8-.